The van der Waals surface area contributed by atoms with Gasteiger partial charge in [-0.1, -0.05) is 12.1 Å². The van der Waals surface area contributed by atoms with Crippen LogP contribution in [0.1, 0.15) is 24.5 Å². The Labute approximate surface area is 91.4 Å². The number of rotatable bonds is 5. The molecule has 0 aliphatic rings. The number of aliphatic carboxylic acids is 1. The molecule has 1 aromatic heterocycles. The zero-order chi connectivity index (χ0) is 11.3. The number of carboxylic acids is 1. The Morgan fingerprint density at radius 2 is 2.40 bits per heavy atom. The zero-order valence-electron chi connectivity index (χ0n) is 8.56. The average Bonchev–Trinajstić information content (AvgIpc) is 2.66. The van der Waals surface area contributed by atoms with Gasteiger partial charge in [-0.2, -0.15) is 0 Å². The van der Waals surface area contributed by atoms with E-state index in [1.54, 1.807) is 12.3 Å². The number of hydrogen-bond donors (Lipinski definition) is 1. The van der Waals surface area contributed by atoms with Gasteiger partial charge in [-0.3, -0.25) is 0 Å². The fraction of sp³-hybridized carbons (Fsp3) is 0.444. The quantitative estimate of drug-likeness (QED) is 0.612. The number of carbonyl (C=O) groups is 1. The summed E-state index contributed by atoms with van der Waals surface area (Å²) in [6.45, 7) is 4.03. The lowest BCUT2D eigenvalue weighted by atomic mass is 10.3. The van der Waals surface area contributed by atoms with E-state index in [0.29, 0.717) is 12.3 Å². The molecule has 0 bridgehead atoms. The number of oxime groups is 1. The summed E-state index contributed by atoms with van der Waals surface area (Å²) in [6.07, 6.45) is 0.784. The van der Waals surface area contributed by atoms with Crippen molar-refractivity contribution in [3.63, 3.8) is 0 Å². The second-order valence-electron chi connectivity index (χ2n) is 2.64. The van der Waals surface area contributed by atoms with Gasteiger partial charge in [0.25, 0.3) is 0 Å². The summed E-state index contributed by atoms with van der Waals surface area (Å²) in [5, 5.41) is 15.0. The second-order valence-corrected chi connectivity index (χ2v) is 3.59. The third kappa shape index (κ3) is 3.02. The summed E-state index contributed by atoms with van der Waals surface area (Å²) in [5.41, 5.74) is 0.214. The van der Waals surface area contributed by atoms with Gasteiger partial charge in [0.05, 0.1) is 5.01 Å². The van der Waals surface area contributed by atoms with Gasteiger partial charge in [-0.05, 0) is 13.3 Å². The molecule has 0 aliphatic carbocycles. The van der Waals surface area contributed by atoms with E-state index in [2.05, 4.69) is 10.1 Å². The predicted molar refractivity (Wildman–Crippen MR) is 57.3 cm³/mol. The van der Waals surface area contributed by atoms with E-state index in [1.165, 1.54) is 11.3 Å². The van der Waals surface area contributed by atoms with Crippen LogP contribution in [0, 0.1) is 0 Å². The molecule has 15 heavy (non-hydrogen) atoms. The minimum absolute atomic E-state index is 0.146. The Morgan fingerprint density at radius 3 is 2.87 bits per heavy atom. The van der Waals surface area contributed by atoms with Gasteiger partial charge in [0.15, 0.2) is 0 Å². The third-order valence-electron chi connectivity index (χ3n) is 1.58. The van der Waals surface area contributed by atoms with Gasteiger partial charge in [0.2, 0.25) is 5.71 Å². The minimum atomic E-state index is -1.13. The first kappa shape index (κ1) is 11.6. The van der Waals surface area contributed by atoms with Crippen molar-refractivity contribution < 1.29 is 14.7 Å². The molecular formula is C9H12N2O3S. The maximum atomic E-state index is 10.9. The summed E-state index contributed by atoms with van der Waals surface area (Å²) in [5.74, 6) is -1.13. The highest BCUT2D eigenvalue weighted by Gasteiger charge is 2.16. The van der Waals surface area contributed by atoms with Crippen LogP contribution in [-0.2, 0) is 16.1 Å². The topological polar surface area (TPSA) is 71.8 Å². The van der Waals surface area contributed by atoms with Crippen molar-refractivity contribution in [2.24, 2.45) is 5.16 Å². The highest BCUT2D eigenvalue weighted by Crippen LogP contribution is 2.11. The monoisotopic (exact) mass is 228 g/mol. The Balaban J connectivity index is 2.94. The van der Waals surface area contributed by atoms with Gasteiger partial charge in [0, 0.05) is 5.38 Å². The molecule has 0 saturated heterocycles. The molecule has 1 heterocycles. The summed E-state index contributed by atoms with van der Waals surface area (Å²) in [7, 11) is 0. The molecule has 0 saturated carbocycles. The number of aryl methyl sites for hydroxylation is 1. The SMILES string of the molecule is CCON=C(C(=O)O)c1csc(CC)n1. The van der Waals surface area contributed by atoms with Crippen LogP contribution in [0.5, 0.6) is 0 Å². The maximum Gasteiger partial charge on any atom is 0.360 e. The second kappa shape index (κ2) is 5.45. The molecular weight excluding hydrogens is 216 g/mol. The molecule has 82 valence electrons. The lowest BCUT2D eigenvalue weighted by molar-refractivity contribution is -0.129. The Hall–Kier alpha value is -1.43. The minimum Gasteiger partial charge on any atom is -0.476 e. The van der Waals surface area contributed by atoms with E-state index >= 15 is 0 Å². The Kier molecular flexibility index (Phi) is 4.23. The highest BCUT2D eigenvalue weighted by molar-refractivity contribution is 7.09. The molecule has 0 radical (unpaired) electrons. The summed E-state index contributed by atoms with van der Waals surface area (Å²) in [4.78, 5) is 19.7. The van der Waals surface area contributed by atoms with Crippen LogP contribution in [0.25, 0.3) is 0 Å². The average molecular weight is 228 g/mol. The summed E-state index contributed by atoms with van der Waals surface area (Å²) < 4.78 is 0. The molecule has 6 heteroatoms. The Morgan fingerprint density at radius 1 is 1.67 bits per heavy atom. The van der Waals surface area contributed by atoms with E-state index in [1.807, 2.05) is 6.92 Å². The van der Waals surface area contributed by atoms with E-state index < -0.39 is 5.97 Å². The first-order valence-electron chi connectivity index (χ1n) is 4.57. The van der Waals surface area contributed by atoms with Gasteiger partial charge in [-0.25, -0.2) is 9.78 Å². The van der Waals surface area contributed by atoms with E-state index in [0.717, 1.165) is 11.4 Å². The molecule has 0 amide bonds. The maximum absolute atomic E-state index is 10.9. The van der Waals surface area contributed by atoms with Crippen LogP contribution >= 0.6 is 11.3 Å². The normalized spacial score (nSPS) is 11.5. The Bertz CT molecular complexity index is 373. The van der Waals surface area contributed by atoms with Crippen molar-refractivity contribution in [1.29, 1.82) is 0 Å². The molecule has 1 aromatic rings. The smallest absolute Gasteiger partial charge is 0.360 e. The first-order chi connectivity index (χ1) is 7.19. The van der Waals surface area contributed by atoms with Crippen LogP contribution in [0.4, 0.5) is 0 Å². The number of nitrogens with zero attached hydrogens (tertiary/aromatic N) is 2. The zero-order valence-corrected chi connectivity index (χ0v) is 9.37. The van der Waals surface area contributed by atoms with Crippen molar-refractivity contribution in [2.75, 3.05) is 6.61 Å². The van der Waals surface area contributed by atoms with E-state index in [-0.39, 0.29) is 5.71 Å². The molecule has 0 aromatic carbocycles. The lowest BCUT2D eigenvalue weighted by Crippen LogP contribution is -2.15. The third-order valence-corrected chi connectivity index (χ3v) is 2.58. The van der Waals surface area contributed by atoms with Gasteiger partial charge in [-0.15, -0.1) is 11.3 Å². The van der Waals surface area contributed by atoms with Crippen molar-refractivity contribution in [2.45, 2.75) is 20.3 Å². The van der Waals surface area contributed by atoms with E-state index in [4.69, 9.17) is 9.94 Å². The number of aromatic nitrogens is 1. The fourth-order valence-corrected chi connectivity index (χ4v) is 1.64. The molecule has 0 fully saturated rings. The first-order valence-corrected chi connectivity index (χ1v) is 5.45. The summed E-state index contributed by atoms with van der Waals surface area (Å²) in [6, 6.07) is 0. The van der Waals surface area contributed by atoms with Gasteiger partial charge >= 0.3 is 5.97 Å². The fourth-order valence-electron chi connectivity index (χ4n) is 0.907. The van der Waals surface area contributed by atoms with Crippen LogP contribution in [0.3, 0.4) is 0 Å². The number of carboxylic acid groups (broad SMARTS) is 1. The lowest BCUT2D eigenvalue weighted by Gasteiger charge is -1.96. The van der Waals surface area contributed by atoms with Gasteiger partial charge in [0.1, 0.15) is 12.3 Å². The molecule has 1 rings (SSSR count). The highest BCUT2D eigenvalue weighted by atomic mass is 32.1. The van der Waals surface area contributed by atoms with E-state index in [9.17, 15) is 4.79 Å². The van der Waals surface area contributed by atoms with Crippen molar-refractivity contribution >= 4 is 23.0 Å². The van der Waals surface area contributed by atoms with Crippen molar-refractivity contribution in [1.82, 2.24) is 4.98 Å². The van der Waals surface area contributed by atoms with Crippen LogP contribution in [0.2, 0.25) is 0 Å². The number of thiazole rings is 1. The van der Waals surface area contributed by atoms with Crippen LogP contribution < -0.4 is 0 Å². The standard InChI is InChI=1S/C9H12N2O3S/c1-3-7-10-6(5-15-7)8(9(12)13)11-14-4-2/h5H,3-4H2,1-2H3,(H,12,13). The van der Waals surface area contributed by atoms with Crippen LogP contribution in [0.15, 0.2) is 10.5 Å². The van der Waals surface area contributed by atoms with Crippen molar-refractivity contribution in [3.05, 3.63) is 16.1 Å². The molecule has 0 atom stereocenters. The summed E-state index contributed by atoms with van der Waals surface area (Å²) >= 11 is 1.42. The molecule has 5 nitrogen and oxygen atoms in total. The molecule has 0 aliphatic heterocycles. The number of hydrogen-bond acceptors (Lipinski definition) is 5. The molecule has 0 unspecified atom stereocenters. The largest absolute Gasteiger partial charge is 0.476 e. The van der Waals surface area contributed by atoms with Gasteiger partial charge < -0.3 is 9.94 Å². The van der Waals surface area contributed by atoms with Crippen LogP contribution in [-0.4, -0.2) is 28.4 Å². The molecule has 1 N–H and O–H groups in total. The molecule has 0 spiro atoms. The van der Waals surface area contributed by atoms with Crippen molar-refractivity contribution in [3.8, 4) is 0 Å². The predicted octanol–water partition coefficient (Wildman–Crippen LogP) is 1.53.